The number of unbranched alkanes of at least 4 members (excludes halogenated alkanes) is 2. The second-order valence-electron chi connectivity index (χ2n) is 7.15. The third-order valence-electron chi connectivity index (χ3n) is 4.69. The van der Waals surface area contributed by atoms with E-state index in [2.05, 4.69) is 23.8 Å². The molecule has 1 heterocycles. The van der Waals surface area contributed by atoms with Crippen molar-refractivity contribution in [1.29, 1.82) is 0 Å². The number of rotatable bonds is 10. The maximum absolute atomic E-state index is 12.4. The van der Waals surface area contributed by atoms with E-state index in [0.29, 0.717) is 18.1 Å². The molecule has 0 aliphatic carbocycles. The molecule has 0 radical (unpaired) electrons. The topological polar surface area (TPSA) is 61.3 Å². The summed E-state index contributed by atoms with van der Waals surface area (Å²) in [6.45, 7) is 4.95. The van der Waals surface area contributed by atoms with E-state index in [1.807, 2.05) is 48.5 Å². The summed E-state index contributed by atoms with van der Waals surface area (Å²) in [7, 11) is 0. The highest BCUT2D eigenvalue weighted by Gasteiger charge is 2.12. The smallest absolute Gasteiger partial charge is 0.363 e. The SMILES string of the molecule is CCCCCc1ccc(OC(=O)c2cnc(-c3ccc(OCCC)cc3)cn2)cc1. The lowest BCUT2D eigenvalue weighted by molar-refractivity contribution is 0.0728. The standard InChI is InChI=1S/C25H28N2O3/c1-3-5-6-7-19-8-12-22(13-9-19)30-25(28)24-18-26-23(17-27-24)20-10-14-21(15-11-20)29-16-4-2/h8-15,17-18H,3-7,16H2,1-2H3. The summed E-state index contributed by atoms with van der Waals surface area (Å²) in [5, 5.41) is 0. The first-order chi connectivity index (χ1) is 14.7. The zero-order valence-corrected chi connectivity index (χ0v) is 17.6. The molecule has 5 nitrogen and oxygen atoms in total. The van der Waals surface area contributed by atoms with Crippen LogP contribution in [-0.2, 0) is 6.42 Å². The van der Waals surface area contributed by atoms with E-state index in [1.54, 1.807) is 6.20 Å². The summed E-state index contributed by atoms with van der Waals surface area (Å²) >= 11 is 0. The van der Waals surface area contributed by atoms with E-state index in [1.165, 1.54) is 31.0 Å². The van der Waals surface area contributed by atoms with Gasteiger partial charge >= 0.3 is 5.97 Å². The highest BCUT2D eigenvalue weighted by atomic mass is 16.5. The Hall–Kier alpha value is -3.21. The Morgan fingerprint density at radius 2 is 1.57 bits per heavy atom. The second kappa shape index (κ2) is 11.1. The van der Waals surface area contributed by atoms with Gasteiger partial charge in [0, 0.05) is 5.56 Å². The van der Waals surface area contributed by atoms with Crippen molar-refractivity contribution in [2.45, 2.75) is 46.0 Å². The van der Waals surface area contributed by atoms with E-state index in [9.17, 15) is 4.79 Å². The Labute approximate surface area is 178 Å². The van der Waals surface area contributed by atoms with E-state index in [0.717, 1.165) is 24.2 Å². The van der Waals surface area contributed by atoms with Crippen LogP contribution in [0.25, 0.3) is 11.3 Å². The van der Waals surface area contributed by atoms with Crippen LogP contribution in [-0.4, -0.2) is 22.5 Å². The molecule has 0 saturated carbocycles. The number of carbonyl (C=O) groups is 1. The molecule has 0 saturated heterocycles. The molecule has 156 valence electrons. The van der Waals surface area contributed by atoms with Gasteiger partial charge in [-0.1, -0.05) is 38.8 Å². The molecule has 3 aromatic rings. The van der Waals surface area contributed by atoms with Gasteiger partial charge in [-0.05, 0) is 61.2 Å². The molecule has 3 rings (SSSR count). The van der Waals surface area contributed by atoms with Crippen LogP contribution in [0.1, 0.15) is 55.6 Å². The minimum atomic E-state index is -0.518. The highest BCUT2D eigenvalue weighted by Crippen LogP contribution is 2.21. The van der Waals surface area contributed by atoms with E-state index < -0.39 is 5.97 Å². The van der Waals surface area contributed by atoms with Gasteiger partial charge in [-0.2, -0.15) is 0 Å². The third-order valence-corrected chi connectivity index (χ3v) is 4.69. The Bertz CT molecular complexity index is 920. The molecule has 0 N–H and O–H groups in total. The van der Waals surface area contributed by atoms with Gasteiger partial charge in [0.2, 0.25) is 0 Å². The van der Waals surface area contributed by atoms with Gasteiger partial charge in [-0.3, -0.25) is 4.98 Å². The van der Waals surface area contributed by atoms with Crippen molar-refractivity contribution in [2.75, 3.05) is 6.61 Å². The fourth-order valence-corrected chi connectivity index (χ4v) is 2.99. The maximum atomic E-state index is 12.4. The first-order valence-electron chi connectivity index (χ1n) is 10.6. The largest absolute Gasteiger partial charge is 0.494 e. The summed E-state index contributed by atoms with van der Waals surface area (Å²) in [5.41, 5.74) is 3.02. The normalized spacial score (nSPS) is 10.6. The molecular weight excluding hydrogens is 376 g/mol. The fraction of sp³-hybridized carbons (Fsp3) is 0.320. The van der Waals surface area contributed by atoms with Gasteiger partial charge in [0.25, 0.3) is 0 Å². The molecule has 1 aromatic heterocycles. The zero-order chi connectivity index (χ0) is 21.2. The van der Waals surface area contributed by atoms with Crippen molar-refractivity contribution in [3.8, 4) is 22.8 Å². The number of esters is 1. The highest BCUT2D eigenvalue weighted by molar-refractivity contribution is 5.88. The first kappa shape index (κ1) is 21.5. The minimum absolute atomic E-state index is 0.175. The van der Waals surface area contributed by atoms with Gasteiger partial charge in [0.15, 0.2) is 5.69 Å². The van der Waals surface area contributed by atoms with Crippen molar-refractivity contribution in [3.63, 3.8) is 0 Å². The lowest BCUT2D eigenvalue weighted by atomic mass is 10.1. The quantitative estimate of drug-likeness (QED) is 0.240. The molecule has 0 aliphatic rings. The van der Waals surface area contributed by atoms with Gasteiger partial charge in [-0.15, -0.1) is 0 Å². The number of aryl methyl sites for hydroxylation is 1. The molecule has 0 unspecified atom stereocenters. The first-order valence-corrected chi connectivity index (χ1v) is 10.6. The molecular formula is C25H28N2O3. The Morgan fingerprint density at radius 3 is 2.20 bits per heavy atom. The number of nitrogens with zero attached hydrogens (tertiary/aromatic N) is 2. The van der Waals surface area contributed by atoms with E-state index >= 15 is 0 Å². The average Bonchev–Trinajstić information content (AvgIpc) is 2.79. The van der Waals surface area contributed by atoms with Gasteiger partial charge in [-0.25, -0.2) is 9.78 Å². The average molecular weight is 405 g/mol. The van der Waals surface area contributed by atoms with Crippen molar-refractivity contribution in [3.05, 3.63) is 72.2 Å². The molecule has 0 bridgehead atoms. The van der Waals surface area contributed by atoms with Crippen LogP contribution >= 0.6 is 0 Å². The van der Waals surface area contributed by atoms with Crippen molar-refractivity contribution >= 4 is 5.97 Å². The van der Waals surface area contributed by atoms with Crippen LogP contribution < -0.4 is 9.47 Å². The number of carbonyl (C=O) groups excluding carboxylic acids is 1. The Kier molecular flexibility index (Phi) is 7.95. The number of benzene rings is 2. The zero-order valence-electron chi connectivity index (χ0n) is 17.6. The monoisotopic (exact) mass is 404 g/mol. The summed E-state index contributed by atoms with van der Waals surface area (Å²) in [6.07, 6.45) is 8.63. The maximum Gasteiger partial charge on any atom is 0.363 e. The molecule has 0 spiro atoms. The molecule has 0 fully saturated rings. The number of hydrogen-bond acceptors (Lipinski definition) is 5. The summed E-state index contributed by atoms with van der Waals surface area (Å²) in [6, 6.07) is 15.3. The van der Waals surface area contributed by atoms with Gasteiger partial charge in [0.05, 0.1) is 24.7 Å². The molecule has 0 atom stereocenters. The number of aromatic nitrogens is 2. The lowest BCUT2D eigenvalue weighted by Gasteiger charge is -2.07. The molecule has 5 heteroatoms. The molecule has 30 heavy (non-hydrogen) atoms. The molecule has 0 amide bonds. The van der Waals surface area contributed by atoms with Crippen LogP contribution in [0, 0.1) is 0 Å². The van der Waals surface area contributed by atoms with Crippen molar-refractivity contribution < 1.29 is 14.3 Å². The van der Waals surface area contributed by atoms with Crippen LogP contribution in [0.4, 0.5) is 0 Å². The van der Waals surface area contributed by atoms with Crippen LogP contribution in [0.2, 0.25) is 0 Å². The summed E-state index contributed by atoms with van der Waals surface area (Å²) in [4.78, 5) is 20.9. The minimum Gasteiger partial charge on any atom is -0.494 e. The fourth-order valence-electron chi connectivity index (χ4n) is 2.99. The predicted octanol–water partition coefficient (Wildman–Crippen LogP) is 5.88. The molecule has 0 aliphatic heterocycles. The van der Waals surface area contributed by atoms with Crippen molar-refractivity contribution in [1.82, 2.24) is 9.97 Å². The summed E-state index contributed by atoms with van der Waals surface area (Å²) < 4.78 is 11.0. The van der Waals surface area contributed by atoms with Crippen molar-refractivity contribution in [2.24, 2.45) is 0 Å². The third kappa shape index (κ3) is 6.14. The predicted molar refractivity (Wildman–Crippen MR) is 118 cm³/mol. The number of hydrogen-bond donors (Lipinski definition) is 0. The van der Waals surface area contributed by atoms with Crippen LogP contribution in [0.5, 0.6) is 11.5 Å². The van der Waals surface area contributed by atoms with Gasteiger partial charge in [0.1, 0.15) is 11.5 Å². The van der Waals surface area contributed by atoms with Crippen LogP contribution in [0.3, 0.4) is 0 Å². The second-order valence-corrected chi connectivity index (χ2v) is 7.15. The summed E-state index contributed by atoms with van der Waals surface area (Å²) in [5.74, 6) is 0.814. The Morgan fingerprint density at radius 1 is 0.833 bits per heavy atom. The van der Waals surface area contributed by atoms with Gasteiger partial charge < -0.3 is 9.47 Å². The molecule has 2 aromatic carbocycles. The lowest BCUT2D eigenvalue weighted by Crippen LogP contribution is -2.11. The van der Waals surface area contributed by atoms with E-state index in [-0.39, 0.29) is 5.69 Å². The van der Waals surface area contributed by atoms with Crippen LogP contribution in [0.15, 0.2) is 60.9 Å². The Balaban J connectivity index is 1.58. The number of ether oxygens (including phenoxy) is 2. The van der Waals surface area contributed by atoms with E-state index in [4.69, 9.17) is 9.47 Å².